The van der Waals surface area contributed by atoms with Crippen LogP contribution in [0.25, 0.3) is 64.6 Å². The molecule has 9 rings (SSSR count). The molecule has 44 heavy (non-hydrogen) atoms. The van der Waals surface area contributed by atoms with Crippen molar-refractivity contribution >= 4 is 64.6 Å². The van der Waals surface area contributed by atoms with E-state index in [1.54, 1.807) is 0 Å². The van der Waals surface area contributed by atoms with Gasteiger partial charge in [0.2, 0.25) is 0 Å². The van der Waals surface area contributed by atoms with E-state index in [1.165, 1.54) is 64.6 Å². The van der Waals surface area contributed by atoms with Crippen molar-refractivity contribution < 1.29 is 14.2 Å². The molecule has 1 saturated heterocycles. The van der Waals surface area contributed by atoms with E-state index in [0.717, 1.165) is 11.1 Å². The summed E-state index contributed by atoms with van der Waals surface area (Å²) in [7, 11) is 0. The first-order valence-corrected chi connectivity index (χ1v) is 15.3. The van der Waals surface area contributed by atoms with E-state index in [0.29, 0.717) is 19.8 Å². The highest BCUT2D eigenvalue weighted by molar-refractivity contribution is 6.24. The molecular formula is C39H32N2O3. The Kier molecular flexibility index (Phi) is 5.98. The van der Waals surface area contributed by atoms with Crippen LogP contribution in [0.2, 0.25) is 0 Å². The van der Waals surface area contributed by atoms with Crippen molar-refractivity contribution in [3.63, 3.8) is 0 Å². The van der Waals surface area contributed by atoms with E-state index in [1.807, 2.05) is 0 Å². The lowest BCUT2D eigenvalue weighted by Crippen LogP contribution is -2.61. The van der Waals surface area contributed by atoms with Crippen molar-refractivity contribution in [2.45, 2.75) is 37.7 Å². The van der Waals surface area contributed by atoms with Gasteiger partial charge in [0, 0.05) is 0 Å². The number of hydrogen-bond donors (Lipinski definition) is 2. The highest BCUT2D eigenvalue weighted by Gasteiger charge is 2.38. The maximum Gasteiger partial charge on any atom is 0.175 e. The first-order chi connectivity index (χ1) is 21.6. The molecule has 8 aromatic rings. The molecule has 0 amide bonds. The molecule has 4 N–H and O–H groups in total. The molecule has 0 aromatic heterocycles. The second kappa shape index (κ2) is 10.1. The minimum atomic E-state index is -0.625. The minimum Gasteiger partial charge on any atom is -0.370 e. The van der Waals surface area contributed by atoms with E-state index < -0.39 is 18.4 Å². The van der Waals surface area contributed by atoms with Crippen molar-refractivity contribution in [1.82, 2.24) is 0 Å². The molecule has 5 nitrogen and oxygen atoms in total. The maximum absolute atomic E-state index is 6.75. The van der Waals surface area contributed by atoms with Gasteiger partial charge in [-0.25, -0.2) is 0 Å². The fourth-order valence-electron chi connectivity index (χ4n) is 7.45. The van der Waals surface area contributed by atoms with Crippen LogP contribution in [0, 0.1) is 0 Å². The smallest absolute Gasteiger partial charge is 0.175 e. The summed E-state index contributed by atoms with van der Waals surface area (Å²) in [6.45, 7) is 1.10. The molecule has 4 atom stereocenters. The Morgan fingerprint density at radius 3 is 1.48 bits per heavy atom. The van der Waals surface area contributed by atoms with Gasteiger partial charge in [0.05, 0.1) is 38.0 Å². The van der Waals surface area contributed by atoms with Gasteiger partial charge in [-0.1, -0.05) is 109 Å². The maximum atomic E-state index is 6.75. The Labute approximate surface area is 254 Å². The van der Waals surface area contributed by atoms with E-state index in [9.17, 15) is 0 Å². The van der Waals surface area contributed by atoms with Gasteiger partial charge in [0.15, 0.2) is 6.29 Å². The van der Waals surface area contributed by atoms with E-state index in [-0.39, 0.29) is 6.04 Å². The van der Waals surface area contributed by atoms with Gasteiger partial charge in [-0.05, 0) is 75.8 Å². The molecule has 1 aliphatic heterocycles. The third kappa shape index (κ3) is 3.98. The molecule has 0 spiro atoms. The van der Waals surface area contributed by atoms with Gasteiger partial charge in [-0.2, -0.15) is 0 Å². The van der Waals surface area contributed by atoms with Crippen LogP contribution in [-0.4, -0.2) is 31.1 Å². The van der Waals surface area contributed by atoms with Crippen molar-refractivity contribution in [3.05, 3.63) is 120 Å². The zero-order valence-electron chi connectivity index (χ0n) is 24.2. The van der Waals surface area contributed by atoms with Gasteiger partial charge >= 0.3 is 0 Å². The average Bonchev–Trinajstić information content (AvgIpc) is 3.06. The molecule has 0 radical (unpaired) electrons. The quantitative estimate of drug-likeness (QED) is 0.199. The van der Waals surface area contributed by atoms with Crippen molar-refractivity contribution in [2.75, 3.05) is 6.61 Å². The average molecular weight is 577 g/mol. The van der Waals surface area contributed by atoms with Crippen LogP contribution >= 0.6 is 0 Å². The summed E-state index contributed by atoms with van der Waals surface area (Å²) in [5, 5.41) is 15.0. The third-order valence-corrected chi connectivity index (χ3v) is 9.64. The van der Waals surface area contributed by atoms with Gasteiger partial charge in [0.25, 0.3) is 0 Å². The molecule has 1 aliphatic rings. The van der Waals surface area contributed by atoms with E-state index >= 15 is 0 Å². The molecule has 8 aromatic carbocycles. The SMILES string of the molecule is N[C@H]1[C@H](OCc2ccc3ccc4cccc5ccc2c3c45)OC[C@@H](N)[C@@H]1OCc1ccc2ccc3cccc4ccc1c2c34. The normalized spacial score (nSPS) is 21.1. The van der Waals surface area contributed by atoms with Crippen LogP contribution in [-0.2, 0) is 27.4 Å². The number of rotatable bonds is 6. The van der Waals surface area contributed by atoms with E-state index in [2.05, 4.69) is 109 Å². The number of nitrogens with two attached hydrogens (primary N) is 2. The Morgan fingerprint density at radius 1 is 0.523 bits per heavy atom. The van der Waals surface area contributed by atoms with Crippen LogP contribution in [0.3, 0.4) is 0 Å². The van der Waals surface area contributed by atoms with Crippen molar-refractivity contribution in [2.24, 2.45) is 11.5 Å². The Balaban J connectivity index is 0.968. The first-order valence-electron chi connectivity index (χ1n) is 15.3. The Morgan fingerprint density at radius 2 is 0.955 bits per heavy atom. The van der Waals surface area contributed by atoms with Crippen LogP contribution in [0.1, 0.15) is 11.1 Å². The second-order valence-corrected chi connectivity index (χ2v) is 12.2. The molecule has 0 bridgehead atoms. The lowest BCUT2D eigenvalue weighted by Gasteiger charge is -2.39. The largest absolute Gasteiger partial charge is 0.370 e. The van der Waals surface area contributed by atoms with Crippen molar-refractivity contribution in [1.29, 1.82) is 0 Å². The number of benzene rings is 8. The lowest BCUT2D eigenvalue weighted by molar-refractivity contribution is -0.215. The first kappa shape index (κ1) is 26.1. The van der Waals surface area contributed by atoms with Crippen LogP contribution in [0.4, 0.5) is 0 Å². The fourth-order valence-corrected chi connectivity index (χ4v) is 7.45. The van der Waals surface area contributed by atoms with Gasteiger partial charge in [-0.3, -0.25) is 0 Å². The summed E-state index contributed by atoms with van der Waals surface area (Å²) in [6, 6.07) is 38.3. The summed E-state index contributed by atoms with van der Waals surface area (Å²) in [5.41, 5.74) is 15.5. The second-order valence-electron chi connectivity index (χ2n) is 12.2. The molecule has 0 aliphatic carbocycles. The number of ether oxygens (including phenoxy) is 3. The van der Waals surface area contributed by atoms with Gasteiger partial charge in [-0.15, -0.1) is 0 Å². The molecule has 0 unspecified atom stereocenters. The summed E-state index contributed by atoms with van der Waals surface area (Å²) in [5.74, 6) is 0. The van der Waals surface area contributed by atoms with Crippen LogP contribution < -0.4 is 11.5 Å². The predicted molar refractivity (Wildman–Crippen MR) is 179 cm³/mol. The molecule has 1 heterocycles. The molecule has 5 heteroatoms. The fraction of sp³-hybridized carbons (Fsp3) is 0.179. The minimum absolute atomic E-state index is 0.319. The highest BCUT2D eigenvalue weighted by Crippen LogP contribution is 2.38. The molecule has 0 saturated carbocycles. The number of hydrogen-bond acceptors (Lipinski definition) is 5. The molecular weight excluding hydrogens is 544 g/mol. The Bertz CT molecular complexity index is 2280. The summed E-state index contributed by atoms with van der Waals surface area (Å²) < 4.78 is 18.9. The van der Waals surface area contributed by atoms with Crippen LogP contribution in [0.5, 0.6) is 0 Å². The Hall–Kier alpha value is -4.36. The lowest BCUT2D eigenvalue weighted by atomic mass is 9.92. The summed E-state index contributed by atoms with van der Waals surface area (Å²) >= 11 is 0. The third-order valence-electron chi connectivity index (χ3n) is 9.64. The van der Waals surface area contributed by atoms with Gasteiger partial charge in [0.1, 0.15) is 0 Å². The van der Waals surface area contributed by atoms with Gasteiger partial charge < -0.3 is 25.7 Å². The molecule has 1 fully saturated rings. The monoisotopic (exact) mass is 576 g/mol. The molecule has 216 valence electrons. The highest BCUT2D eigenvalue weighted by atomic mass is 16.7. The zero-order valence-corrected chi connectivity index (χ0v) is 24.2. The zero-order chi connectivity index (χ0) is 29.4. The summed E-state index contributed by atoms with van der Waals surface area (Å²) in [4.78, 5) is 0. The van der Waals surface area contributed by atoms with Crippen LogP contribution in [0.15, 0.2) is 109 Å². The standard InChI is InChI=1S/C39H32N2O3/c40-32-21-44-39(43-20-29-14-12-27-10-8-23-4-2-6-25-16-18-31(29)36(27)34(23)25)37(41)38(32)42-19-28-13-11-26-9-7-22-3-1-5-24-15-17-30(28)35(26)33(22)24/h1-18,32,37-39H,19-21,40-41H2/t32-,37-,38+,39-/m1/s1. The van der Waals surface area contributed by atoms with Crippen molar-refractivity contribution in [3.8, 4) is 0 Å². The topological polar surface area (TPSA) is 79.7 Å². The van der Waals surface area contributed by atoms with E-state index in [4.69, 9.17) is 25.7 Å². The predicted octanol–water partition coefficient (Wildman–Crippen LogP) is 7.59. The summed E-state index contributed by atoms with van der Waals surface area (Å²) in [6.07, 6.45) is -1.03.